The van der Waals surface area contributed by atoms with Crippen molar-refractivity contribution in [1.29, 1.82) is 0 Å². The highest BCUT2D eigenvalue weighted by Crippen LogP contribution is 2.36. The molecule has 0 aliphatic carbocycles. The monoisotopic (exact) mass is 459 g/mol. The largest absolute Gasteiger partial charge is 0.461 e. The average Bonchev–Trinajstić information content (AvgIpc) is 3.36. The molecule has 4 aromatic rings. The molecule has 10 heteroatoms. The molecule has 0 bridgehead atoms. The molecule has 2 aromatic carbocycles. The van der Waals surface area contributed by atoms with E-state index in [1.165, 1.54) is 22.7 Å². The van der Waals surface area contributed by atoms with Crippen LogP contribution in [-0.4, -0.2) is 20.8 Å². The summed E-state index contributed by atoms with van der Waals surface area (Å²) in [4.78, 5) is 13.2. The third-order valence-corrected chi connectivity index (χ3v) is 5.75. The van der Waals surface area contributed by atoms with Crippen LogP contribution in [0.1, 0.15) is 10.8 Å². The van der Waals surface area contributed by atoms with Crippen molar-refractivity contribution in [3.63, 3.8) is 0 Å². The minimum atomic E-state index is -0.653. The van der Waals surface area contributed by atoms with Crippen LogP contribution in [0.4, 0.5) is 5.69 Å². The number of benzene rings is 2. The van der Waals surface area contributed by atoms with Crippen LogP contribution < -0.4 is 11.2 Å². The number of halogens is 2. The minimum Gasteiger partial charge on any atom is -0.461 e. The number of aromatic nitrogens is 3. The molecule has 0 aliphatic rings. The summed E-state index contributed by atoms with van der Waals surface area (Å²) >= 11 is 13.3. The third kappa shape index (κ3) is 4.46. The van der Waals surface area contributed by atoms with Gasteiger partial charge in [0.05, 0.1) is 6.26 Å². The van der Waals surface area contributed by atoms with E-state index in [-0.39, 0.29) is 5.91 Å². The predicted molar refractivity (Wildman–Crippen MR) is 118 cm³/mol. The number of carbonyl (C=O) groups is 1. The number of anilines is 1. The lowest BCUT2D eigenvalue weighted by atomic mass is 10.1. The van der Waals surface area contributed by atoms with Gasteiger partial charge in [0.2, 0.25) is 16.9 Å². The summed E-state index contributed by atoms with van der Waals surface area (Å²) < 4.78 is 6.63. The van der Waals surface area contributed by atoms with Gasteiger partial charge in [-0.05, 0) is 35.9 Å². The Balaban J connectivity index is 1.63. The summed E-state index contributed by atoms with van der Waals surface area (Å²) in [5, 5.41) is 11.6. The maximum atomic E-state index is 13.2. The molecule has 7 nitrogen and oxygen atoms in total. The molecule has 1 unspecified atom stereocenters. The standard InChI is InChI=1S/C20H15Cl2N5O2S/c21-13-9-14(22)11-15(10-13)24-19(28)17(12-5-2-1-3-6-12)30-20-26-25-18(27(20)23)16-7-4-8-29-16/h1-11,17H,23H2,(H,24,28). The Labute approximate surface area is 186 Å². The Bertz CT molecular complexity index is 1150. The molecule has 2 aromatic heterocycles. The Morgan fingerprint density at radius 2 is 1.80 bits per heavy atom. The number of carbonyl (C=O) groups excluding carboxylic acids is 1. The van der Waals surface area contributed by atoms with E-state index in [1.54, 1.807) is 30.3 Å². The molecule has 152 valence electrons. The van der Waals surface area contributed by atoms with Crippen molar-refractivity contribution in [2.75, 3.05) is 11.2 Å². The number of nitrogens with two attached hydrogens (primary N) is 1. The van der Waals surface area contributed by atoms with Crippen molar-refractivity contribution >= 4 is 46.6 Å². The number of hydrogen-bond acceptors (Lipinski definition) is 6. The number of nitrogens with one attached hydrogen (secondary N) is 1. The first-order valence-corrected chi connectivity index (χ1v) is 10.4. The highest BCUT2D eigenvalue weighted by molar-refractivity contribution is 8.00. The fraction of sp³-hybridized carbons (Fsp3) is 0.0500. The minimum absolute atomic E-state index is 0.285. The van der Waals surface area contributed by atoms with Gasteiger partial charge in [-0.25, -0.2) is 4.68 Å². The fourth-order valence-electron chi connectivity index (χ4n) is 2.77. The molecule has 30 heavy (non-hydrogen) atoms. The quantitative estimate of drug-likeness (QED) is 0.309. The first-order chi connectivity index (χ1) is 14.5. The zero-order chi connectivity index (χ0) is 21.1. The first-order valence-electron chi connectivity index (χ1n) is 8.74. The highest BCUT2D eigenvalue weighted by atomic mass is 35.5. The molecule has 0 spiro atoms. The number of rotatable bonds is 6. The molecule has 1 amide bonds. The van der Waals surface area contributed by atoms with Crippen molar-refractivity contribution < 1.29 is 9.21 Å². The smallest absolute Gasteiger partial charge is 0.242 e. The van der Waals surface area contributed by atoms with Crippen LogP contribution >= 0.6 is 35.0 Å². The fourth-order valence-corrected chi connectivity index (χ4v) is 4.26. The molecule has 0 saturated heterocycles. The number of thioether (sulfide) groups is 1. The lowest BCUT2D eigenvalue weighted by Gasteiger charge is -2.16. The Morgan fingerprint density at radius 1 is 1.07 bits per heavy atom. The normalized spacial score (nSPS) is 11.9. The van der Waals surface area contributed by atoms with Crippen LogP contribution in [0.3, 0.4) is 0 Å². The van der Waals surface area contributed by atoms with Gasteiger partial charge in [0.15, 0.2) is 5.76 Å². The van der Waals surface area contributed by atoms with Crippen molar-refractivity contribution in [1.82, 2.24) is 14.9 Å². The lowest BCUT2D eigenvalue weighted by molar-refractivity contribution is -0.115. The molecule has 0 aliphatic heterocycles. The van der Waals surface area contributed by atoms with E-state index < -0.39 is 5.25 Å². The molecule has 1 atom stereocenters. The number of furan rings is 1. The van der Waals surface area contributed by atoms with Gasteiger partial charge >= 0.3 is 0 Å². The summed E-state index contributed by atoms with van der Waals surface area (Å²) in [7, 11) is 0. The second-order valence-electron chi connectivity index (χ2n) is 6.21. The van der Waals surface area contributed by atoms with Gasteiger partial charge in [-0.2, -0.15) is 0 Å². The summed E-state index contributed by atoms with van der Waals surface area (Å²) in [6, 6.07) is 17.6. The second kappa shape index (κ2) is 8.83. The number of hydrogen-bond donors (Lipinski definition) is 2. The average molecular weight is 460 g/mol. The van der Waals surface area contributed by atoms with Gasteiger partial charge in [0.1, 0.15) is 5.25 Å². The maximum absolute atomic E-state index is 13.2. The summed E-state index contributed by atoms with van der Waals surface area (Å²) in [6.45, 7) is 0. The molecule has 2 heterocycles. The number of nitrogens with zero attached hydrogens (tertiary/aromatic N) is 3. The molecular weight excluding hydrogens is 445 g/mol. The third-order valence-electron chi connectivity index (χ3n) is 4.10. The SMILES string of the molecule is Nn1c(SC(C(=O)Nc2cc(Cl)cc(Cl)c2)c2ccccc2)nnc1-c1ccco1. The van der Waals surface area contributed by atoms with E-state index >= 15 is 0 Å². The topological polar surface area (TPSA) is 99.0 Å². The van der Waals surface area contributed by atoms with Crippen LogP contribution in [-0.2, 0) is 4.79 Å². The summed E-state index contributed by atoms with van der Waals surface area (Å²) in [5.41, 5.74) is 1.26. The van der Waals surface area contributed by atoms with Crippen molar-refractivity contribution in [2.24, 2.45) is 0 Å². The summed E-state index contributed by atoms with van der Waals surface area (Å²) in [5.74, 6) is 6.71. The van der Waals surface area contributed by atoms with Crippen molar-refractivity contribution in [3.05, 3.63) is 82.5 Å². The molecule has 3 N–H and O–H groups in total. The maximum Gasteiger partial charge on any atom is 0.242 e. The van der Waals surface area contributed by atoms with Gasteiger partial charge in [0, 0.05) is 15.7 Å². The lowest BCUT2D eigenvalue weighted by Crippen LogP contribution is -2.20. The van der Waals surface area contributed by atoms with Crippen LogP contribution in [0.5, 0.6) is 0 Å². The first kappa shape index (κ1) is 20.3. The van der Waals surface area contributed by atoms with E-state index in [2.05, 4.69) is 15.5 Å². The molecule has 4 rings (SSSR count). The van der Waals surface area contributed by atoms with E-state index in [9.17, 15) is 4.79 Å². The van der Waals surface area contributed by atoms with E-state index in [1.807, 2.05) is 30.3 Å². The van der Waals surface area contributed by atoms with Crippen molar-refractivity contribution in [3.8, 4) is 11.6 Å². The van der Waals surface area contributed by atoms with Crippen LogP contribution in [0.15, 0.2) is 76.5 Å². The number of nitrogen functional groups attached to an aromatic ring is 1. The van der Waals surface area contributed by atoms with Gasteiger partial charge in [-0.1, -0.05) is 65.3 Å². The summed E-state index contributed by atoms with van der Waals surface area (Å²) in [6.07, 6.45) is 1.52. The van der Waals surface area contributed by atoms with E-state index in [4.69, 9.17) is 33.5 Å². The Kier molecular flexibility index (Phi) is 5.98. The van der Waals surface area contributed by atoms with Gasteiger partial charge in [-0.3, -0.25) is 4.79 Å². The van der Waals surface area contributed by atoms with E-state index in [0.29, 0.717) is 32.5 Å². The number of amides is 1. The molecule has 0 radical (unpaired) electrons. The van der Waals surface area contributed by atoms with Crippen LogP contribution in [0, 0.1) is 0 Å². The van der Waals surface area contributed by atoms with Gasteiger partial charge in [-0.15, -0.1) is 10.2 Å². The van der Waals surface area contributed by atoms with E-state index in [0.717, 1.165) is 5.56 Å². The molecule has 0 saturated carbocycles. The molecular formula is C20H15Cl2N5O2S. The van der Waals surface area contributed by atoms with Crippen molar-refractivity contribution in [2.45, 2.75) is 10.4 Å². The second-order valence-corrected chi connectivity index (χ2v) is 8.15. The highest BCUT2D eigenvalue weighted by Gasteiger charge is 2.26. The molecule has 0 fully saturated rings. The van der Waals surface area contributed by atoms with Crippen LogP contribution in [0.25, 0.3) is 11.6 Å². The van der Waals surface area contributed by atoms with Crippen LogP contribution in [0.2, 0.25) is 10.0 Å². The van der Waals surface area contributed by atoms with Gasteiger partial charge in [0.25, 0.3) is 0 Å². The zero-order valence-corrected chi connectivity index (χ0v) is 17.7. The Morgan fingerprint density at radius 3 is 2.47 bits per heavy atom. The predicted octanol–water partition coefficient (Wildman–Crippen LogP) is 5.03. The zero-order valence-electron chi connectivity index (χ0n) is 15.3. The van der Waals surface area contributed by atoms with Gasteiger partial charge < -0.3 is 15.6 Å². The Hall–Kier alpha value is -2.94.